The first kappa shape index (κ1) is 12.5. The third-order valence-electron chi connectivity index (χ3n) is 2.73. The van der Waals surface area contributed by atoms with E-state index in [0.29, 0.717) is 0 Å². The van der Waals surface area contributed by atoms with Crippen molar-refractivity contribution >= 4 is 22.7 Å². The molecule has 0 amide bonds. The van der Waals surface area contributed by atoms with Gasteiger partial charge < -0.3 is 5.32 Å². The molecule has 0 saturated heterocycles. The maximum absolute atomic E-state index is 4.76. The van der Waals surface area contributed by atoms with Crippen LogP contribution in [0.5, 0.6) is 0 Å². The molecule has 0 saturated carbocycles. The molecule has 0 spiro atoms. The second-order valence-corrected chi connectivity index (χ2v) is 5.86. The van der Waals surface area contributed by atoms with Gasteiger partial charge in [-0.1, -0.05) is 30.3 Å². The predicted molar refractivity (Wildman–Crippen MR) is 81.4 cm³/mol. The maximum atomic E-state index is 4.76. The molecule has 0 bridgehead atoms. The molecule has 96 valence electrons. The normalized spacial score (nSPS) is 10.8. The van der Waals surface area contributed by atoms with Crippen molar-refractivity contribution in [2.24, 2.45) is 0 Å². The zero-order chi connectivity index (χ0) is 13.1. The Hall–Kier alpha value is -1.56. The van der Waals surface area contributed by atoms with Crippen LogP contribution in [0.15, 0.2) is 41.2 Å². The van der Waals surface area contributed by atoms with E-state index < -0.39 is 0 Å². The lowest BCUT2D eigenvalue weighted by molar-refractivity contribution is 0.831. The molecule has 0 atom stereocenters. The minimum Gasteiger partial charge on any atom is -0.315 e. The smallest absolute Gasteiger partial charge is 0.143 e. The lowest BCUT2D eigenvalue weighted by Crippen LogP contribution is -2.04. The van der Waals surface area contributed by atoms with Gasteiger partial charge in [0.05, 0.1) is 11.2 Å². The van der Waals surface area contributed by atoms with Crippen LogP contribution in [0.1, 0.15) is 4.88 Å². The number of nitrogens with zero attached hydrogens (tertiary/aromatic N) is 2. The summed E-state index contributed by atoms with van der Waals surface area (Å²) in [6.45, 7) is 0.825. The number of rotatable bonds is 4. The van der Waals surface area contributed by atoms with Crippen molar-refractivity contribution in [1.82, 2.24) is 15.3 Å². The van der Waals surface area contributed by atoms with E-state index in [1.165, 1.54) is 4.88 Å². The largest absolute Gasteiger partial charge is 0.315 e. The summed E-state index contributed by atoms with van der Waals surface area (Å²) in [5, 5.41) is 6.23. The summed E-state index contributed by atoms with van der Waals surface area (Å²) in [6.07, 6.45) is 0. The molecule has 1 N–H and O–H groups in total. The molecule has 5 heteroatoms. The zero-order valence-corrected chi connectivity index (χ0v) is 12.1. The van der Waals surface area contributed by atoms with Gasteiger partial charge in [-0.25, -0.2) is 9.97 Å². The van der Waals surface area contributed by atoms with E-state index in [1.54, 1.807) is 22.7 Å². The van der Waals surface area contributed by atoms with Crippen LogP contribution in [0.3, 0.4) is 0 Å². The van der Waals surface area contributed by atoms with Crippen molar-refractivity contribution in [2.75, 3.05) is 7.05 Å². The minimum atomic E-state index is 0.825. The molecule has 0 aliphatic rings. The fourth-order valence-electron chi connectivity index (χ4n) is 1.88. The molecule has 2 aromatic heterocycles. The summed E-state index contributed by atoms with van der Waals surface area (Å²) in [7, 11) is 1.96. The number of benzene rings is 1. The SMILES string of the molecule is CNCc1sc(-c2cscn2)nc1-c1ccccc1. The second kappa shape index (κ2) is 5.61. The van der Waals surface area contributed by atoms with E-state index in [2.05, 4.69) is 22.4 Å². The third-order valence-corrected chi connectivity index (χ3v) is 4.40. The Morgan fingerprint density at radius 1 is 1.21 bits per heavy atom. The second-order valence-electron chi connectivity index (χ2n) is 4.06. The molecule has 0 radical (unpaired) electrons. The summed E-state index contributed by atoms with van der Waals surface area (Å²) in [5.74, 6) is 0. The van der Waals surface area contributed by atoms with Crippen molar-refractivity contribution in [3.8, 4) is 22.0 Å². The van der Waals surface area contributed by atoms with Gasteiger partial charge >= 0.3 is 0 Å². The first-order chi connectivity index (χ1) is 9.38. The van der Waals surface area contributed by atoms with E-state index in [0.717, 1.165) is 28.5 Å². The number of nitrogens with one attached hydrogen (secondary N) is 1. The van der Waals surface area contributed by atoms with Gasteiger partial charge in [0.25, 0.3) is 0 Å². The summed E-state index contributed by atoms with van der Waals surface area (Å²) < 4.78 is 0. The molecule has 3 aromatic rings. The standard InChI is InChI=1S/C14H13N3S2/c1-15-7-12-13(10-5-3-2-4-6-10)17-14(19-12)11-8-18-9-16-11/h2-6,8-9,15H,7H2,1H3. The first-order valence-electron chi connectivity index (χ1n) is 5.97. The highest BCUT2D eigenvalue weighted by Crippen LogP contribution is 2.33. The molecule has 2 heterocycles. The van der Waals surface area contributed by atoms with Crippen molar-refractivity contribution < 1.29 is 0 Å². The van der Waals surface area contributed by atoms with Crippen molar-refractivity contribution in [3.05, 3.63) is 46.1 Å². The monoisotopic (exact) mass is 287 g/mol. The lowest BCUT2D eigenvalue weighted by Gasteiger charge is -2.00. The highest BCUT2D eigenvalue weighted by Gasteiger charge is 2.14. The Kier molecular flexibility index (Phi) is 3.68. The van der Waals surface area contributed by atoms with Crippen molar-refractivity contribution in [2.45, 2.75) is 6.54 Å². The van der Waals surface area contributed by atoms with E-state index in [-0.39, 0.29) is 0 Å². The average molecular weight is 287 g/mol. The zero-order valence-electron chi connectivity index (χ0n) is 10.5. The summed E-state index contributed by atoms with van der Waals surface area (Å²) in [4.78, 5) is 10.4. The molecular weight excluding hydrogens is 274 g/mol. The number of aromatic nitrogens is 2. The predicted octanol–water partition coefficient (Wildman–Crippen LogP) is 3.65. The number of hydrogen-bond acceptors (Lipinski definition) is 5. The van der Waals surface area contributed by atoms with Crippen LogP contribution in [0.4, 0.5) is 0 Å². The summed E-state index contributed by atoms with van der Waals surface area (Å²) in [6, 6.07) is 10.3. The van der Waals surface area contributed by atoms with Gasteiger partial charge in [-0.3, -0.25) is 0 Å². The summed E-state index contributed by atoms with van der Waals surface area (Å²) >= 11 is 3.31. The van der Waals surface area contributed by atoms with Crippen LogP contribution in [0.25, 0.3) is 22.0 Å². The topological polar surface area (TPSA) is 37.8 Å². The Morgan fingerprint density at radius 3 is 2.74 bits per heavy atom. The fourth-order valence-corrected chi connectivity index (χ4v) is 3.56. The Balaban J connectivity index is 2.08. The number of thiazole rings is 2. The highest BCUT2D eigenvalue weighted by atomic mass is 32.1. The fraction of sp³-hybridized carbons (Fsp3) is 0.143. The molecule has 1 aromatic carbocycles. The maximum Gasteiger partial charge on any atom is 0.143 e. The molecule has 0 aliphatic carbocycles. The Morgan fingerprint density at radius 2 is 2.05 bits per heavy atom. The van der Waals surface area contributed by atoms with E-state index in [9.17, 15) is 0 Å². The van der Waals surface area contributed by atoms with Crippen LogP contribution in [-0.2, 0) is 6.54 Å². The number of hydrogen-bond donors (Lipinski definition) is 1. The van der Waals surface area contributed by atoms with Crippen LogP contribution in [0.2, 0.25) is 0 Å². The van der Waals surface area contributed by atoms with Gasteiger partial charge in [0.2, 0.25) is 0 Å². The molecule has 3 rings (SSSR count). The Bertz CT molecular complexity index is 645. The van der Waals surface area contributed by atoms with Crippen LogP contribution < -0.4 is 5.32 Å². The molecule has 19 heavy (non-hydrogen) atoms. The average Bonchev–Trinajstić information content (AvgIpc) is 3.08. The van der Waals surface area contributed by atoms with Gasteiger partial charge in [-0.2, -0.15) is 0 Å². The van der Waals surface area contributed by atoms with E-state index in [1.807, 2.05) is 36.1 Å². The molecular formula is C14H13N3S2. The molecule has 0 unspecified atom stereocenters. The van der Waals surface area contributed by atoms with Crippen LogP contribution in [-0.4, -0.2) is 17.0 Å². The van der Waals surface area contributed by atoms with E-state index >= 15 is 0 Å². The molecule has 0 fully saturated rings. The van der Waals surface area contributed by atoms with Gasteiger partial charge in [0.1, 0.15) is 10.7 Å². The van der Waals surface area contributed by atoms with Crippen LogP contribution in [0, 0.1) is 0 Å². The minimum absolute atomic E-state index is 0.825. The molecule has 0 aliphatic heterocycles. The highest BCUT2D eigenvalue weighted by molar-refractivity contribution is 7.16. The van der Waals surface area contributed by atoms with E-state index in [4.69, 9.17) is 4.98 Å². The molecule has 3 nitrogen and oxygen atoms in total. The van der Waals surface area contributed by atoms with Gasteiger partial charge in [-0.05, 0) is 7.05 Å². The van der Waals surface area contributed by atoms with Gasteiger partial charge in [-0.15, -0.1) is 22.7 Å². The van der Waals surface area contributed by atoms with Crippen molar-refractivity contribution in [1.29, 1.82) is 0 Å². The first-order valence-corrected chi connectivity index (χ1v) is 7.72. The Labute approximate surface area is 120 Å². The third kappa shape index (κ3) is 2.58. The van der Waals surface area contributed by atoms with Crippen molar-refractivity contribution in [3.63, 3.8) is 0 Å². The van der Waals surface area contributed by atoms with Gasteiger partial charge in [0.15, 0.2) is 0 Å². The van der Waals surface area contributed by atoms with Gasteiger partial charge in [0, 0.05) is 22.4 Å². The summed E-state index contributed by atoms with van der Waals surface area (Å²) in [5.41, 5.74) is 5.03. The quantitative estimate of drug-likeness (QED) is 0.796. The lowest BCUT2D eigenvalue weighted by atomic mass is 10.1. The van der Waals surface area contributed by atoms with Crippen LogP contribution >= 0.6 is 22.7 Å².